The number of benzene rings is 2. The number of morpholine rings is 1. The maximum atomic E-state index is 13.0. The highest BCUT2D eigenvalue weighted by Gasteiger charge is 2.21. The lowest BCUT2D eigenvalue weighted by atomic mass is 10.2. The molecule has 0 aliphatic carbocycles. The number of ether oxygens (including phenoxy) is 1. The molecule has 3 rings (SSSR count). The first-order valence-electron chi connectivity index (χ1n) is 10.3. The summed E-state index contributed by atoms with van der Waals surface area (Å²) in [4.78, 5) is 14.6. The van der Waals surface area contributed by atoms with Crippen LogP contribution in [0.25, 0.3) is 0 Å². The molecule has 7 nitrogen and oxygen atoms in total. The number of nitrogens with one attached hydrogen (secondary N) is 2. The van der Waals surface area contributed by atoms with Gasteiger partial charge in [-0.3, -0.25) is 14.4 Å². The van der Waals surface area contributed by atoms with E-state index in [9.17, 15) is 17.6 Å². The topological polar surface area (TPSA) is 87.7 Å². The predicted octanol–water partition coefficient (Wildman–Crippen LogP) is 2.86. The minimum absolute atomic E-state index is 0.0419. The second kappa shape index (κ2) is 10.2. The highest BCUT2D eigenvalue weighted by atomic mass is 32.2. The molecule has 0 bridgehead atoms. The molecular weight excluding hydrogens is 421 g/mol. The van der Waals surface area contributed by atoms with Crippen LogP contribution in [0.3, 0.4) is 0 Å². The van der Waals surface area contributed by atoms with E-state index in [0.717, 1.165) is 38.2 Å². The average molecular weight is 450 g/mol. The van der Waals surface area contributed by atoms with Gasteiger partial charge < -0.3 is 10.1 Å². The number of hydrogen-bond donors (Lipinski definition) is 2. The molecule has 0 aromatic heterocycles. The Bertz CT molecular complexity index is 971. The van der Waals surface area contributed by atoms with E-state index < -0.39 is 15.8 Å². The van der Waals surface area contributed by atoms with Crippen LogP contribution in [-0.4, -0.2) is 57.6 Å². The SMILES string of the molecule is C[C@@H]1CN(CCCNC(=O)c2ccc(NS(=O)(=O)c3ccc(F)cc3)cc2)C[C@@H](C)O1. The fourth-order valence-corrected chi connectivity index (χ4v) is 4.65. The lowest BCUT2D eigenvalue weighted by molar-refractivity contribution is -0.0680. The van der Waals surface area contributed by atoms with E-state index in [1.54, 1.807) is 12.1 Å². The third-order valence-electron chi connectivity index (χ3n) is 4.96. The van der Waals surface area contributed by atoms with E-state index in [4.69, 9.17) is 4.74 Å². The second-order valence-corrected chi connectivity index (χ2v) is 9.45. The van der Waals surface area contributed by atoms with Crippen molar-refractivity contribution < 1.29 is 22.3 Å². The largest absolute Gasteiger partial charge is 0.373 e. The molecule has 2 atom stereocenters. The van der Waals surface area contributed by atoms with Gasteiger partial charge in [0.15, 0.2) is 0 Å². The molecule has 2 aromatic carbocycles. The average Bonchev–Trinajstić information content (AvgIpc) is 2.71. The highest BCUT2D eigenvalue weighted by molar-refractivity contribution is 7.92. The number of halogens is 1. The summed E-state index contributed by atoms with van der Waals surface area (Å²) in [5.41, 5.74) is 0.759. The number of amides is 1. The van der Waals surface area contributed by atoms with Gasteiger partial charge in [-0.1, -0.05) is 0 Å². The van der Waals surface area contributed by atoms with Gasteiger partial charge in [0.1, 0.15) is 5.82 Å². The first-order valence-corrected chi connectivity index (χ1v) is 11.8. The Balaban J connectivity index is 1.47. The zero-order valence-electron chi connectivity index (χ0n) is 17.7. The Hall–Kier alpha value is -2.49. The molecular formula is C22H28FN3O4S. The van der Waals surface area contributed by atoms with Crippen molar-refractivity contribution in [1.29, 1.82) is 0 Å². The normalized spacial score (nSPS) is 19.7. The molecule has 0 radical (unpaired) electrons. The summed E-state index contributed by atoms with van der Waals surface area (Å²) in [7, 11) is -3.83. The van der Waals surface area contributed by atoms with Gasteiger partial charge in [-0.15, -0.1) is 0 Å². The summed E-state index contributed by atoms with van der Waals surface area (Å²) in [6.07, 6.45) is 1.27. The van der Waals surface area contributed by atoms with E-state index in [1.807, 2.05) is 0 Å². The minimum atomic E-state index is -3.83. The molecule has 1 fully saturated rings. The third-order valence-corrected chi connectivity index (χ3v) is 6.35. The van der Waals surface area contributed by atoms with E-state index in [-0.39, 0.29) is 23.0 Å². The number of carbonyl (C=O) groups excluding carboxylic acids is 1. The van der Waals surface area contributed by atoms with Gasteiger partial charge in [0.2, 0.25) is 0 Å². The standard InChI is InChI=1S/C22H28FN3O4S/c1-16-14-26(15-17(2)30-16)13-3-12-24-22(27)18-4-8-20(9-5-18)25-31(28,29)21-10-6-19(23)7-11-21/h4-11,16-17,25H,3,12-15H2,1-2H3,(H,24,27)/t16-,17-/m1/s1. The molecule has 0 unspecified atom stereocenters. The monoisotopic (exact) mass is 449 g/mol. The van der Waals surface area contributed by atoms with Crippen molar-refractivity contribution in [3.05, 3.63) is 59.9 Å². The number of sulfonamides is 1. The molecule has 1 aliphatic rings. The smallest absolute Gasteiger partial charge is 0.261 e. The summed E-state index contributed by atoms with van der Waals surface area (Å²) in [5.74, 6) is -0.722. The summed E-state index contributed by atoms with van der Waals surface area (Å²) < 4.78 is 45.8. The molecule has 1 aliphatic heterocycles. The molecule has 1 heterocycles. The molecule has 9 heteroatoms. The van der Waals surface area contributed by atoms with Crippen molar-refractivity contribution in [2.75, 3.05) is 30.9 Å². The van der Waals surface area contributed by atoms with Crippen LogP contribution in [0.15, 0.2) is 53.4 Å². The fourth-order valence-electron chi connectivity index (χ4n) is 3.59. The number of nitrogens with zero attached hydrogens (tertiary/aromatic N) is 1. The Morgan fingerprint density at radius 2 is 1.68 bits per heavy atom. The van der Waals surface area contributed by atoms with Gasteiger partial charge in [0.25, 0.3) is 15.9 Å². The van der Waals surface area contributed by atoms with Gasteiger partial charge in [-0.25, -0.2) is 12.8 Å². The zero-order valence-corrected chi connectivity index (χ0v) is 18.5. The van der Waals surface area contributed by atoms with Crippen molar-refractivity contribution in [1.82, 2.24) is 10.2 Å². The lowest BCUT2D eigenvalue weighted by Gasteiger charge is -2.35. The quantitative estimate of drug-likeness (QED) is 0.605. The summed E-state index contributed by atoms with van der Waals surface area (Å²) in [6, 6.07) is 10.7. The molecule has 2 aromatic rings. The Labute approximate surface area is 182 Å². The van der Waals surface area contributed by atoms with Gasteiger partial charge in [0, 0.05) is 37.4 Å². The van der Waals surface area contributed by atoms with Crippen LogP contribution in [-0.2, 0) is 14.8 Å². The maximum absolute atomic E-state index is 13.0. The van der Waals surface area contributed by atoms with Crippen LogP contribution in [0.2, 0.25) is 0 Å². The van der Waals surface area contributed by atoms with Crippen LogP contribution in [0.4, 0.5) is 10.1 Å². The zero-order chi connectivity index (χ0) is 22.4. The number of anilines is 1. The van der Waals surface area contributed by atoms with Gasteiger partial charge in [-0.2, -0.15) is 0 Å². The van der Waals surface area contributed by atoms with Crippen LogP contribution in [0, 0.1) is 5.82 Å². The third kappa shape index (κ3) is 6.75. The van der Waals surface area contributed by atoms with Crippen molar-refractivity contribution in [3.63, 3.8) is 0 Å². The van der Waals surface area contributed by atoms with Crippen LogP contribution < -0.4 is 10.0 Å². The maximum Gasteiger partial charge on any atom is 0.261 e. The Kier molecular flexibility index (Phi) is 7.64. The summed E-state index contributed by atoms with van der Waals surface area (Å²) >= 11 is 0. The molecule has 1 saturated heterocycles. The van der Waals surface area contributed by atoms with Crippen LogP contribution in [0.1, 0.15) is 30.6 Å². The summed E-state index contributed by atoms with van der Waals surface area (Å²) in [6.45, 7) is 7.36. The van der Waals surface area contributed by atoms with E-state index in [1.165, 1.54) is 24.3 Å². The van der Waals surface area contributed by atoms with Crippen LogP contribution >= 0.6 is 0 Å². The Morgan fingerprint density at radius 1 is 1.06 bits per heavy atom. The van der Waals surface area contributed by atoms with E-state index in [0.29, 0.717) is 17.8 Å². The van der Waals surface area contributed by atoms with Crippen molar-refractivity contribution in [2.24, 2.45) is 0 Å². The summed E-state index contributed by atoms with van der Waals surface area (Å²) in [5, 5.41) is 2.89. The van der Waals surface area contributed by atoms with Gasteiger partial charge in [-0.05, 0) is 68.8 Å². The Morgan fingerprint density at radius 3 is 2.29 bits per heavy atom. The molecule has 0 saturated carbocycles. The molecule has 0 spiro atoms. The van der Waals surface area contributed by atoms with Gasteiger partial charge in [0.05, 0.1) is 17.1 Å². The minimum Gasteiger partial charge on any atom is -0.373 e. The lowest BCUT2D eigenvalue weighted by Crippen LogP contribution is -2.46. The molecule has 168 valence electrons. The predicted molar refractivity (Wildman–Crippen MR) is 117 cm³/mol. The first-order chi connectivity index (χ1) is 14.7. The first kappa shape index (κ1) is 23.2. The van der Waals surface area contributed by atoms with Crippen LogP contribution in [0.5, 0.6) is 0 Å². The fraction of sp³-hybridized carbons (Fsp3) is 0.409. The van der Waals surface area contributed by atoms with E-state index >= 15 is 0 Å². The number of carbonyl (C=O) groups is 1. The second-order valence-electron chi connectivity index (χ2n) is 7.76. The number of rotatable bonds is 8. The highest BCUT2D eigenvalue weighted by Crippen LogP contribution is 2.17. The molecule has 31 heavy (non-hydrogen) atoms. The van der Waals surface area contributed by atoms with Crippen molar-refractivity contribution >= 4 is 21.6 Å². The van der Waals surface area contributed by atoms with Crippen molar-refractivity contribution in [2.45, 2.75) is 37.4 Å². The number of hydrogen-bond acceptors (Lipinski definition) is 5. The molecule has 2 N–H and O–H groups in total. The van der Waals surface area contributed by atoms with Crippen molar-refractivity contribution in [3.8, 4) is 0 Å². The van der Waals surface area contributed by atoms with E-state index in [2.05, 4.69) is 28.8 Å². The molecule has 1 amide bonds. The van der Waals surface area contributed by atoms with Gasteiger partial charge >= 0.3 is 0 Å².